The SMILES string of the molecule is CCC#CC(O)C(O)(CC)CC. The summed E-state index contributed by atoms with van der Waals surface area (Å²) in [7, 11) is 0. The molecule has 0 aliphatic rings. The number of aliphatic hydroxyl groups excluding tert-OH is 1. The molecule has 12 heavy (non-hydrogen) atoms. The molecule has 0 amide bonds. The lowest BCUT2D eigenvalue weighted by atomic mass is 9.91. The lowest BCUT2D eigenvalue weighted by Crippen LogP contribution is -2.40. The van der Waals surface area contributed by atoms with E-state index in [1.165, 1.54) is 0 Å². The van der Waals surface area contributed by atoms with Gasteiger partial charge in [0.15, 0.2) is 0 Å². The molecule has 0 saturated carbocycles. The Balaban J connectivity index is 4.30. The highest BCUT2D eigenvalue weighted by molar-refractivity contribution is 5.10. The van der Waals surface area contributed by atoms with Crippen molar-refractivity contribution >= 4 is 0 Å². The lowest BCUT2D eigenvalue weighted by Gasteiger charge is -2.27. The minimum Gasteiger partial charge on any atom is -0.386 e. The second-order valence-corrected chi connectivity index (χ2v) is 2.89. The van der Waals surface area contributed by atoms with Crippen LogP contribution in [0.3, 0.4) is 0 Å². The molecule has 0 radical (unpaired) electrons. The summed E-state index contributed by atoms with van der Waals surface area (Å²) in [4.78, 5) is 0. The topological polar surface area (TPSA) is 40.5 Å². The third kappa shape index (κ3) is 2.84. The quantitative estimate of drug-likeness (QED) is 0.627. The summed E-state index contributed by atoms with van der Waals surface area (Å²) >= 11 is 0. The predicted octanol–water partition coefficient (Wildman–Crippen LogP) is 1.31. The van der Waals surface area contributed by atoms with Crippen LogP contribution in [0.4, 0.5) is 0 Å². The van der Waals surface area contributed by atoms with Gasteiger partial charge in [-0.25, -0.2) is 0 Å². The van der Waals surface area contributed by atoms with Crippen LogP contribution < -0.4 is 0 Å². The first-order valence-electron chi connectivity index (χ1n) is 4.49. The number of hydrogen-bond donors (Lipinski definition) is 2. The minimum absolute atomic E-state index is 0.531. The third-order valence-corrected chi connectivity index (χ3v) is 2.15. The summed E-state index contributed by atoms with van der Waals surface area (Å²) in [6.07, 6.45) is 0.861. The maximum atomic E-state index is 9.77. The van der Waals surface area contributed by atoms with Gasteiger partial charge in [-0.05, 0) is 12.8 Å². The van der Waals surface area contributed by atoms with Crippen molar-refractivity contribution in [3.63, 3.8) is 0 Å². The van der Waals surface area contributed by atoms with Gasteiger partial charge in [-0.15, -0.1) is 5.92 Å². The Kier molecular flexibility index (Phi) is 4.96. The maximum absolute atomic E-state index is 9.77. The molecule has 0 aromatic carbocycles. The molecule has 2 N–H and O–H groups in total. The second kappa shape index (κ2) is 5.18. The summed E-state index contributed by atoms with van der Waals surface area (Å²) in [6.45, 7) is 5.61. The first-order chi connectivity index (χ1) is 5.60. The normalized spacial score (nSPS) is 13.4. The van der Waals surface area contributed by atoms with Gasteiger partial charge in [-0.3, -0.25) is 0 Å². The van der Waals surface area contributed by atoms with Crippen molar-refractivity contribution < 1.29 is 10.2 Å². The van der Waals surface area contributed by atoms with E-state index in [0.29, 0.717) is 19.3 Å². The molecule has 1 atom stereocenters. The summed E-state index contributed by atoms with van der Waals surface area (Å²) in [5.74, 6) is 5.39. The van der Waals surface area contributed by atoms with E-state index in [4.69, 9.17) is 0 Å². The standard InChI is InChI=1S/C10H18O2/c1-4-7-8-9(11)10(12,5-2)6-3/h9,11-12H,4-6H2,1-3H3. The summed E-state index contributed by atoms with van der Waals surface area (Å²) in [5, 5.41) is 19.2. The van der Waals surface area contributed by atoms with Crippen molar-refractivity contribution in [3.05, 3.63) is 0 Å². The van der Waals surface area contributed by atoms with Gasteiger partial charge in [0.2, 0.25) is 0 Å². The monoisotopic (exact) mass is 170 g/mol. The fraction of sp³-hybridized carbons (Fsp3) is 0.800. The molecule has 0 heterocycles. The zero-order valence-corrected chi connectivity index (χ0v) is 8.09. The highest BCUT2D eigenvalue weighted by Crippen LogP contribution is 2.18. The molecule has 0 aliphatic heterocycles. The van der Waals surface area contributed by atoms with E-state index in [2.05, 4.69) is 11.8 Å². The predicted molar refractivity (Wildman–Crippen MR) is 49.6 cm³/mol. The van der Waals surface area contributed by atoms with Crippen molar-refractivity contribution in [3.8, 4) is 11.8 Å². The van der Waals surface area contributed by atoms with Crippen LogP contribution in [0.2, 0.25) is 0 Å². The molecule has 0 saturated heterocycles. The van der Waals surface area contributed by atoms with Gasteiger partial charge in [-0.2, -0.15) is 0 Å². The van der Waals surface area contributed by atoms with E-state index in [9.17, 15) is 10.2 Å². The molecule has 0 aromatic rings. The van der Waals surface area contributed by atoms with Crippen LogP contribution >= 0.6 is 0 Å². The van der Waals surface area contributed by atoms with E-state index in [1.54, 1.807) is 0 Å². The highest BCUT2D eigenvalue weighted by Gasteiger charge is 2.30. The summed E-state index contributed by atoms with van der Waals surface area (Å²) < 4.78 is 0. The molecule has 0 aliphatic carbocycles. The fourth-order valence-electron chi connectivity index (χ4n) is 0.970. The molecule has 0 bridgehead atoms. The van der Waals surface area contributed by atoms with E-state index < -0.39 is 11.7 Å². The van der Waals surface area contributed by atoms with Crippen molar-refractivity contribution in [2.45, 2.75) is 51.7 Å². The molecular formula is C10H18O2. The zero-order valence-electron chi connectivity index (χ0n) is 8.09. The van der Waals surface area contributed by atoms with E-state index in [-0.39, 0.29) is 0 Å². The fourth-order valence-corrected chi connectivity index (χ4v) is 0.970. The minimum atomic E-state index is -1.03. The zero-order chi connectivity index (χ0) is 9.61. The Hall–Kier alpha value is -0.520. The largest absolute Gasteiger partial charge is 0.386 e. The van der Waals surface area contributed by atoms with Gasteiger partial charge in [0.1, 0.15) is 11.7 Å². The Morgan fingerprint density at radius 1 is 1.25 bits per heavy atom. The average molecular weight is 170 g/mol. The Bertz CT molecular complexity index is 172. The van der Waals surface area contributed by atoms with Crippen molar-refractivity contribution in [1.29, 1.82) is 0 Å². The Labute approximate surface area is 74.6 Å². The van der Waals surface area contributed by atoms with Crippen LogP contribution in [0.1, 0.15) is 40.0 Å². The third-order valence-electron chi connectivity index (χ3n) is 2.15. The highest BCUT2D eigenvalue weighted by atomic mass is 16.3. The first-order valence-corrected chi connectivity index (χ1v) is 4.49. The van der Waals surface area contributed by atoms with E-state index in [0.717, 1.165) is 0 Å². The van der Waals surface area contributed by atoms with Gasteiger partial charge in [0, 0.05) is 6.42 Å². The molecule has 1 unspecified atom stereocenters. The van der Waals surface area contributed by atoms with E-state index >= 15 is 0 Å². The van der Waals surface area contributed by atoms with Gasteiger partial charge >= 0.3 is 0 Å². The Morgan fingerprint density at radius 2 is 1.75 bits per heavy atom. The van der Waals surface area contributed by atoms with Crippen LogP contribution in [0.15, 0.2) is 0 Å². The Morgan fingerprint density at radius 3 is 2.08 bits per heavy atom. The molecule has 0 spiro atoms. The number of aliphatic hydroxyl groups is 2. The van der Waals surface area contributed by atoms with Crippen LogP contribution in [-0.4, -0.2) is 21.9 Å². The molecule has 0 rings (SSSR count). The van der Waals surface area contributed by atoms with Crippen LogP contribution in [0.5, 0.6) is 0 Å². The molecule has 70 valence electrons. The summed E-state index contributed by atoms with van der Waals surface area (Å²) in [6, 6.07) is 0. The van der Waals surface area contributed by atoms with Crippen LogP contribution in [0, 0.1) is 11.8 Å². The first kappa shape index (κ1) is 11.5. The van der Waals surface area contributed by atoms with Gasteiger partial charge in [0.25, 0.3) is 0 Å². The van der Waals surface area contributed by atoms with Crippen LogP contribution in [-0.2, 0) is 0 Å². The summed E-state index contributed by atoms with van der Waals surface area (Å²) in [5.41, 5.74) is -1.03. The average Bonchev–Trinajstić information content (AvgIpc) is 2.12. The van der Waals surface area contributed by atoms with Crippen LogP contribution in [0.25, 0.3) is 0 Å². The van der Waals surface area contributed by atoms with Crippen molar-refractivity contribution in [1.82, 2.24) is 0 Å². The molecule has 0 fully saturated rings. The van der Waals surface area contributed by atoms with Gasteiger partial charge in [0.05, 0.1) is 0 Å². The molecular weight excluding hydrogens is 152 g/mol. The van der Waals surface area contributed by atoms with Crippen molar-refractivity contribution in [2.24, 2.45) is 0 Å². The molecule has 2 heteroatoms. The maximum Gasteiger partial charge on any atom is 0.143 e. The molecule has 0 aromatic heterocycles. The molecule has 2 nitrogen and oxygen atoms in total. The lowest BCUT2D eigenvalue weighted by molar-refractivity contribution is -0.0529. The van der Waals surface area contributed by atoms with Gasteiger partial charge < -0.3 is 10.2 Å². The van der Waals surface area contributed by atoms with E-state index in [1.807, 2.05) is 20.8 Å². The smallest absolute Gasteiger partial charge is 0.143 e. The number of hydrogen-bond acceptors (Lipinski definition) is 2. The number of rotatable bonds is 3. The second-order valence-electron chi connectivity index (χ2n) is 2.89. The van der Waals surface area contributed by atoms with Gasteiger partial charge in [-0.1, -0.05) is 26.7 Å². The van der Waals surface area contributed by atoms with Crippen molar-refractivity contribution in [2.75, 3.05) is 0 Å².